The van der Waals surface area contributed by atoms with Crippen LogP contribution in [0.2, 0.25) is 0 Å². The number of benzene rings is 2. The molecular weight excluding hydrogens is 580 g/mol. The number of nitrogens with one attached hydrogen (secondary N) is 2. The highest BCUT2D eigenvalue weighted by Crippen LogP contribution is 2.23. The molecule has 212 valence electrons. The molecule has 0 atom stereocenters. The highest BCUT2D eigenvalue weighted by molar-refractivity contribution is 7.90. The van der Waals surface area contributed by atoms with Crippen LogP contribution in [0.5, 0.6) is 0 Å². The summed E-state index contributed by atoms with van der Waals surface area (Å²) >= 11 is 0. The number of aromatic nitrogens is 6. The molecule has 0 spiro atoms. The minimum atomic E-state index is -3.96. The number of fused-ring (bicyclic) bond motifs is 2. The lowest BCUT2D eigenvalue weighted by molar-refractivity contribution is 0.262. The second kappa shape index (κ2) is 10.0. The zero-order valence-electron chi connectivity index (χ0n) is 22.1. The Morgan fingerprint density at radius 2 is 1.10 bits per heavy atom. The molecule has 0 saturated heterocycles. The lowest BCUT2D eigenvalue weighted by Gasteiger charge is -2.09. The van der Waals surface area contributed by atoms with Gasteiger partial charge < -0.3 is 0 Å². The first-order chi connectivity index (χ1) is 20.0. The molecule has 0 saturated carbocycles. The fraction of sp³-hybridized carbons (Fsp3) is 0.0741. The lowest BCUT2D eigenvalue weighted by Crippen LogP contribution is -2.21. The van der Waals surface area contributed by atoms with Crippen molar-refractivity contribution in [2.24, 2.45) is 0 Å². The van der Waals surface area contributed by atoms with Gasteiger partial charge in [0.1, 0.15) is 11.0 Å². The number of nitrogens with zero attached hydrogens (tertiary/aromatic N) is 6. The van der Waals surface area contributed by atoms with E-state index >= 15 is 0 Å². The first kappa shape index (κ1) is 27.0. The normalized spacial score (nSPS) is 12.0. The number of amides is 2. The summed E-state index contributed by atoms with van der Waals surface area (Å²) in [7, 11) is -7.87. The van der Waals surface area contributed by atoms with E-state index in [0.29, 0.717) is 5.52 Å². The molecule has 2 aromatic carbocycles. The molecule has 0 aliphatic rings. The molecule has 13 nitrogen and oxygen atoms in total. The zero-order chi connectivity index (χ0) is 29.6. The smallest absolute Gasteiger partial charge is 0.291 e. The summed E-state index contributed by atoms with van der Waals surface area (Å²) < 4.78 is 54.6. The number of aryl methyl sites for hydroxylation is 2. The quantitative estimate of drug-likeness (QED) is 0.287. The van der Waals surface area contributed by atoms with Crippen molar-refractivity contribution >= 4 is 60.0 Å². The van der Waals surface area contributed by atoms with Gasteiger partial charge in [0.05, 0.1) is 22.2 Å². The third kappa shape index (κ3) is 4.84. The van der Waals surface area contributed by atoms with E-state index in [4.69, 9.17) is 0 Å². The minimum Gasteiger partial charge on any atom is -0.291 e. The van der Waals surface area contributed by atoms with Crippen molar-refractivity contribution in [2.45, 2.75) is 23.6 Å². The van der Waals surface area contributed by atoms with Crippen molar-refractivity contribution in [2.75, 3.05) is 10.6 Å². The summed E-state index contributed by atoms with van der Waals surface area (Å²) in [6.45, 7) is 3.71. The number of anilines is 2. The molecule has 42 heavy (non-hydrogen) atoms. The molecule has 2 N–H and O–H groups in total. The molecule has 6 aromatic rings. The first-order valence-electron chi connectivity index (χ1n) is 12.4. The maximum Gasteiger partial charge on any atom is 0.326 e. The number of carbonyl (C=O) groups is 1. The Kier molecular flexibility index (Phi) is 6.46. The van der Waals surface area contributed by atoms with Gasteiger partial charge in [-0.05, 0) is 50.2 Å². The van der Waals surface area contributed by atoms with Crippen LogP contribution in [0.25, 0.3) is 22.3 Å². The Bertz CT molecular complexity index is 2210. The van der Waals surface area contributed by atoms with Crippen LogP contribution in [0.15, 0.2) is 95.2 Å². The molecule has 0 aliphatic carbocycles. The van der Waals surface area contributed by atoms with Crippen molar-refractivity contribution in [1.29, 1.82) is 0 Å². The van der Waals surface area contributed by atoms with Crippen molar-refractivity contribution in [3.8, 4) is 0 Å². The van der Waals surface area contributed by atoms with Gasteiger partial charge in [0, 0.05) is 12.4 Å². The van der Waals surface area contributed by atoms with E-state index < -0.39 is 26.1 Å². The molecule has 0 fully saturated rings. The second-order valence-corrected chi connectivity index (χ2v) is 13.0. The number of urea groups is 1. The number of hydrogen-bond acceptors (Lipinski definition) is 9. The lowest BCUT2D eigenvalue weighted by atomic mass is 10.2. The predicted molar refractivity (Wildman–Crippen MR) is 155 cm³/mol. The highest BCUT2D eigenvalue weighted by Gasteiger charge is 2.22. The van der Waals surface area contributed by atoms with Crippen LogP contribution in [0.3, 0.4) is 0 Å². The Hall–Kier alpha value is -5.15. The number of rotatable bonds is 6. The summed E-state index contributed by atoms with van der Waals surface area (Å²) in [5.74, 6) is 0.0354. The highest BCUT2D eigenvalue weighted by atomic mass is 32.2. The van der Waals surface area contributed by atoms with Gasteiger partial charge in [-0.25, -0.2) is 49.5 Å². The molecule has 0 aliphatic heterocycles. The molecule has 0 unspecified atom stereocenters. The molecule has 6 rings (SSSR count). The Morgan fingerprint density at radius 1 is 0.619 bits per heavy atom. The fourth-order valence-electron chi connectivity index (χ4n) is 4.18. The van der Waals surface area contributed by atoms with Crippen molar-refractivity contribution < 1.29 is 21.6 Å². The van der Waals surface area contributed by atoms with Crippen LogP contribution in [0, 0.1) is 13.8 Å². The number of hydrogen-bond donors (Lipinski definition) is 2. The van der Waals surface area contributed by atoms with E-state index in [1.807, 2.05) is 13.8 Å². The molecule has 0 radical (unpaired) electrons. The zero-order valence-corrected chi connectivity index (χ0v) is 23.8. The van der Waals surface area contributed by atoms with Gasteiger partial charge >= 0.3 is 6.03 Å². The van der Waals surface area contributed by atoms with Gasteiger partial charge in [-0.3, -0.25) is 10.6 Å². The number of carbonyl (C=O) groups excluding carboxylic acids is 1. The summed E-state index contributed by atoms with van der Waals surface area (Å²) in [5.41, 5.74) is 2.52. The molecule has 2 amide bonds. The summed E-state index contributed by atoms with van der Waals surface area (Å²) in [6.07, 6.45) is 5.20. The van der Waals surface area contributed by atoms with E-state index in [0.717, 1.165) is 19.1 Å². The topological polar surface area (TPSA) is 171 Å². The maximum atomic E-state index is 13.2. The third-order valence-electron chi connectivity index (χ3n) is 6.35. The first-order valence-corrected chi connectivity index (χ1v) is 15.3. The second-order valence-electron chi connectivity index (χ2n) is 9.37. The Morgan fingerprint density at radius 3 is 1.67 bits per heavy atom. The van der Waals surface area contributed by atoms with Crippen LogP contribution in [0.1, 0.15) is 11.1 Å². The predicted octanol–water partition coefficient (Wildman–Crippen LogP) is 3.91. The Balaban J connectivity index is 1.22. The van der Waals surface area contributed by atoms with Gasteiger partial charge in [-0.2, -0.15) is 0 Å². The average molecular weight is 603 g/mol. The SMILES string of the molecule is Cc1ccc(S(=O)(=O)n2ccc3nc(NC(=O)Nc4cnc5ccn(S(=O)(=O)c6ccc(C)cc6)c5n4)cnc32)cc1. The molecule has 15 heteroatoms. The van der Waals surface area contributed by atoms with Crippen LogP contribution in [0.4, 0.5) is 16.4 Å². The molecule has 4 heterocycles. The van der Waals surface area contributed by atoms with Gasteiger partial charge in [0.2, 0.25) is 0 Å². The van der Waals surface area contributed by atoms with Crippen LogP contribution in [-0.4, -0.2) is 50.7 Å². The third-order valence-corrected chi connectivity index (χ3v) is 9.71. The van der Waals surface area contributed by atoms with E-state index in [9.17, 15) is 21.6 Å². The molecular formula is C27H22N8O5S2. The van der Waals surface area contributed by atoms with Crippen LogP contribution >= 0.6 is 0 Å². The fourth-order valence-corrected chi connectivity index (χ4v) is 6.77. The standard InChI is InChI=1S/C27H22N8O5S2/c1-17-3-7-19(8-4-17)41(37,38)34-14-12-22-25(34)29-16-23(30-22)32-27(36)33-24-15-28-21-11-13-35(26(21)31-24)42(39,40)20-9-5-18(2)6-10-20/h3-16H,1-2H3,(H2,30,31,32,33,36). The van der Waals surface area contributed by atoms with Crippen molar-refractivity contribution in [3.05, 3.63) is 96.6 Å². The summed E-state index contributed by atoms with van der Waals surface area (Å²) in [5, 5.41) is 5.01. The van der Waals surface area contributed by atoms with Gasteiger partial charge in [-0.15, -0.1) is 0 Å². The monoisotopic (exact) mass is 602 g/mol. The summed E-state index contributed by atoms with van der Waals surface area (Å²) in [4.78, 5) is 29.9. The molecule has 0 bridgehead atoms. The van der Waals surface area contributed by atoms with Gasteiger partial charge in [0.25, 0.3) is 20.0 Å². The van der Waals surface area contributed by atoms with Gasteiger partial charge in [0.15, 0.2) is 22.9 Å². The van der Waals surface area contributed by atoms with E-state index in [-0.39, 0.29) is 38.2 Å². The van der Waals surface area contributed by atoms with Crippen molar-refractivity contribution in [3.63, 3.8) is 0 Å². The van der Waals surface area contributed by atoms with Crippen LogP contribution < -0.4 is 10.6 Å². The van der Waals surface area contributed by atoms with E-state index in [1.165, 1.54) is 61.2 Å². The maximum absolute atomic E-state index is 13.2. The average Bonchev–Trinajstić information content (AvgIpc) is 3.58. The van der Waals surface area contributed by atoms with E-state index in [2.05, 4.69) is 30.6 Å². The largest absolute Gasteiger partial charge is 0.326 e. The minimum absolute atomic E-state index is 0.0107. The van der Waals surface area contributed by atoms with Crippen molar-refractivity contribution in [1.82, 2.24) is 27.9 Å². The van der Waals surface area contributed by atoms with Crippen LogP contribution in [-0.2, 0) is 20.0 Å². The van der Waals surface area contributed by atoms with E-state index in [1.54, 1.807) is 24.3 Å². The summed E-state index contributed by atoms with van der Waals surface area (Å²) in [6, 6.07) is 15.1. The van der Waals surface area contributed by atoms with Gasteiger partial charge in [-0.1, -0.05) is 35.4 Å². The Labute approximate surface area is 240 Å². The molecule has 4 aromatic heterocycles.